The van der Waals surface area contributed by atoms with Gasteiger partial charge in [-0.1, -0.05) is 0 Å². The van der Waals surface area contributed by atoms with Gasteiger partial charge in [0.1, 0.15) is 17.3 Å². The second kappa shape index (κ2) is 10.4. The van der Waals surface area contributed by atoms with Crippen LogP contribution in [0.5, 0.6) is 11.5 Å². The highest BCUT2D eigenvalue weighted by atomic mass is 16.5. The number of ether oxygens (including phenoxy) is 2. The molecule has 2 unspecified atom stereocenters. The fraction of sp³-hybridized carbons (Fsp3) is 0.370. The molecule has 2 aromatic heterocycles. The van der Waals surface area contributed by atoms with Crippen LogP contribution in [-0.4, -0.2) is 59.2 Å². The number of benzene rings is 1. The van der Waals surface area contributed by atoms with Gasteiger partial charge in [0.2, 0.25) is 0 Å². The van der Waals surface area contributed by atoms with Gasteiger partial charge >= 0.3 is 0 Å². The molecule has 0 aliphatic carbocycles. The molecular weight excluding hydrogens is 442 g/mol. The molecule has 0 spiro atoms. The van der Waals surface area contributed by atoms with Crippen molar-refractivity contribution < 1.29 is 14.3 Å². The summed E-state index contributed by atoms with van der Waals surface area (Å²) in [4.78, 5) is 23.8. The van der Waals surface area contributed by atoms with E-state index in [-0.39, 0.29) is 5.91 Å². The summed E-state index contributed by atoms with van der Waals surface area (Å²) in [6.45, 7) is 7.29. The van der Waals surface area contributed by atoms with Gasteiger partial charge < -0.3 is 20.1 Å². The summed E-state index contributed by atoms with van der Waals surface area (Å²) in [5.74, 6) is 1.96. The Morgan fingerprint density at radius 1 is 1.09 bits per heavy atom. The first kappa shape index (κ1) is 23.3. The van der Waals surface area contributed by atoms with Crippen molar-refractivity contribution in [2.45, 2.75) is 38.9 Å². The summed E-state index contributed by atoms with van der Waals surface area (Å²) < 4.78 is 11.9. The number of fused-ring (bicyclic) bond motifs is 2. The van der Waals surface area contributed by atoms with Gasteiger partial charge in [-0.3, -0.25) is 14.7 Å². The van der Waals surface area contributed by atoms with Crippen LogP contribution >= 0.6 is 0 Å². The Morgan fingerprint density at radius 3 is 2.60 bits per heavy atom. The molecule has 2 saturated heterocycles. The molecule has 35 heavy (non-hydrogen) atoms. The number of carbonyl (C=O) groups is 1. The maximum absolute atomic E-state index is 12.6. The van der Waals surface area contributed by atoms with Gasteiger partial charge in [-0.2, -0.15) is 0 Å². The summed E-state index contributed by atoms with van der Waals surface area (Å²) in [5, 5.41) is 6.29. The monoisotopic (exact) mass is 473 g/mol. The van der Waals surface area contributed by atoms with Gasteiger partial charge in [-0.15, -0.1) is 0 Å². The molecule has 2 aliphatic rings. The highest BCUT2D eigenvalue weighted by Crippen LogP contribution is 2.27. The molecular formula is C27H31N5O3. The molecule has 8 nitrogen and oxygen atoms in total. The Bertz CT molecular complexity index is 1170. The summed E-state index contributed by atoms with van der Waals surface area (Å²) >= 11 is 0. The van der Waals surface area contributed by atoms with E-state index in [1.165, 1.54) is 0 Å². The highest BCUT2D eigenvalue weighted by molar-refractivity contribution is 5.94. The lowest BCUT2D eigenvalue weighted by Gasteiger charge is -2.31. The molecule has 3 aromatic rings. The average Bonchev–Trinajstić information content (AvgIpc) is 3.19. The largest absolute Gasteiger partial charge is 0.455 e. The molecule has 1 aromatic carbocycles. The van der Waals surface area contributed by atoms with Crippen molar-refractivity contribution in [2.75, 3.05) is 31.5 Å². The lowest BCUT2D eigenvalue weighted by atomic mass is 10.2. The summed E-state index contributed by atoms with van der Waals surface area (Å²) in [6, 6.07) is 14.8. The minimum Gasteiger partial charge on any atom is -0.455 e. The molecule has 182 valence electrons. The zero-order valence-corrected chi connectivity index (χ0v) is 20.2. The molecule has 2 fully saturated rings. The Hall–Kier alpha value is -3.49. The van der Waals surface area contributed by atoms with Gasteiger partial charge in [0.05, 0.1) is 17.9 Å². The molecule has 5 rings (SSSR count). The molecule has 4 heterocycles. The average molecular weight is 474 g/mol. The van der Waals surface area contributed by atoms with Crippen molar-refractivity contribution in [1.29, 1.82) is 0 Å². The number of aromatic nitrogens is 2. The first-order chi connectivity index (χ1) is 17.0. The Morgan fingerprint density at radius 2 is 1.86 bits per heavy atom. The molecule has 0 saturated carbocycles. The first-order valence-electron chi connectivity index (χ1n) is 12.1. The van der Waals surface area contributed by atoms with E-state index in [9.17, 15) is 4.79 Å². The van der Waals surface area contributed by atoms with Gasteiger partial charge in [-0.25, -0.2) is 4.98 Å². The number of hydrogen-bond donors (Lipinski definition) is 2. The lowest BCUT2D eigenvalue weighted by Crippen LogP contribution is -2.45. The molecule has 2 atom stereocenters. The number of aryl methyl sites for hydroxylation is 2. The van der Waals surface area contributed by atoms with Crippen LogP contribution in [0.3, 0.4) is 0 Å². The van der Waals surface area contributed by atoms with E-state index in [0.29, 0.717) is 41.6 Å². The maximum Gasteiger partial charge on any atom is 0.251 e. The third kappa shape index (κ3) is 5.96. The van der Waals surface area contributed by atoms with Gasteiger partial charge in [0.15, 0.2) is 0 Å². The first-order valence-corrected chi connectivity index (χ1v) is 12.1. The van der Waals surface area contributed by atoms with Crippen LogP contribution in [0.15, 0.2) is 54.7 Å². The molecule has 2 bridgehead atoms. The van der Waals surface area contributed by atoms with Gasteiger partial charge in [0, 0.05) is 55.4 Å². The fourth-order valence-corrected chi connectivity index (χ4v) is 4.62. The number of nitrogens with one attached hydrogen (secondary N) is 2. The van der Waals surface area contributed by atoms with Crippen LogP contribution < -0.4 is 15.4 Å². The molecule has 8 heteroatoms. The van der Waals surface area contributed by atoms with Crippen LogP contribution in [0.1, 0.15) is 34.6 Å². The number of rotatable bonds is 8. The van der Waals surface area contributed by atoms with E-state index in [2.05, 4.69) is 25.5 Å². The smallest absolute Gasteiger partial charge is 0.251 e. The van der Waals surface area contributed by atoms with Crippen LogP contribution in [-0.2, 0) is 4.74 Å². The summed E-state index contributed by atoms with van der Waals surface area (Å²) in [5.41, 5.74) is 3.25. The Balaban J connectivity index is 1.13. The van der Waals surface area contributed by atoms with Crippen molar-refractivity contribution in [3.8, 4) is 11.5 Å². The van der Waals surface area contributed by atoms with Crippen molar-refractivity contribution in [1.82, 2.24) is 20.2 Å². The number of hydrogen-bond acceptors (Lipinski definition) is 7. The lowest BCUT2D eigenvalue weighted by molar-refractivity contribution is -0.0375. The Kier molecular flexibility index (Phi) is 6.92. The number of morpholine rings is 1. The number of nitrogens with zero attached hydrogens (tertiary/aromatic N) is 3. The topological polar surface area (TPSA) is 88.6 Å². The van der Waals surface area contributed by atoms with Crippen molar-refractivity contribution in [2.24, 2.45) is 0 Å². The Labute approximate surface area is 205 Å². The molecule has 2 N–H and O–H groups in total. The second-order valence-electron chi connectivity index (χ2n) is 9.19. The van der Waals surface area contributed by atoms with Crippen LogP contribution in [0.25, 0.3) is 0 Å². The van der Waals surface area contributed by atoms with Crippen LogP contribution in [0, 0.1) is 13.8 Å². The van der Waals surface area contributed by atoms with Gasteiger partial charge in [0.25, 0.3) is 5.91 Å². The van der Waals surface area contributed by atoms with E-state index < -0.39 is 0 Å². The number of carbonyl (C=O) groups excluding carboxylic acids is 1. The standard InChI is InChI=1S/C27H31N5O3/c1-18-3-10-25(19(2)30-18)35-22-11-12-28-26(15-22)31-21-6-4-20(5-7-21)27(33)29-13-14-32-16-23-8-9-24(17-32)34-23/h3-7,10-12,15,23-24H,8-9,13-14,16-17H2,1-2H3,(H,28,31)(H,29,33). The summed E-state index contributed by atoms with van der Waals surface area (Å²) in [7, 11) is 0. The predicted molar refractivity (Wildman–Crippen MR) is 134 cm³/mol. The molecule has 2 aliphatic heterocycles. The third-order valence-corrected chi connectivity index (χ3v) is 6.39. The number of likely N-dealkylation sites (tertiary alicyclic amines) is 1. The van der Waals surface area contributed by atoms with Gasteiger partial charge in [-0.05, 0) is 69.2 Å². The number of amides is 1. The predicted octanol–water partition coefficient (Wildman–Crippen LogP) is 4.22. The minimum absolute atomic E-state index is 0.0663. The third-order valence-electron chi connectivity index (χ3n) is 6.39. The van der Waals surface area contributed by atoms with E-state index >= 15 is 0 Å². The highest BCUT2D eigenvalue weighted by Gasteiger charge is 2.33. The SMILES string of the molecule is Cc1ccc(Oc2ccnc(Nc3ccc(C(=O)NCCN4CC5CCC(C4)O5)cc3)c2)c(C)n1. The zero-order valence-electron chi connectivity index (χ0n) is 20.2. The van der Waals surface area contributed by atoms with E-state index in [1.54, 1.807) is 12.3 Å². The molecule has 0 radical (unpaired) electrons. The van der Waals surface area contributed by atoms with Crippen molar-refractivity contribution in [3.63, 3.8) is 0 Å². The second-order valence-corrected chi connectivity index (χ2v) is 9.19. The molecule has 1 amide bonds. The van der Waals surface area contributed by atoms with E-state index in [1.807, 2.05) is 56.3 Å². The van der Waals surface area contributed by atoms with Crippen LogP contribution in [0.4, 0.5) is 11.5 Å². The summed E-state index contributed by atoms with van der Waals surface area (Å²) in [6.07, 6.45) is 4.75. The van der Waals surface area contributed by atoms with E-state index in [0.717, 1.165) is 49.6 Å². The fourth-order valence-electron chi connectivity index (χ4n) is 4.62. The number of anilines is 2. The number of pyridine rings is 2. The van der Waals surface area contributed by atoms with E-state index in [4.69, 9.17) is 9.47 Å². The van der Waals surface area contributed by atoms with Crippen LogP contribution in [0.2, 0.25) is 0 Å². The quantitative estimate of drug-likeness (QED) is 0.506. The maximum atomic E-state index is 12.6. The minimum atomic E-state index is -0.0663. The normalized spacial score (nSPS) is 19.4. The van der Waals surface area contributed by atoms with Crippen molar-refractivity contribution in [3.05, 3.63) is 71.7 Å². The zero-order chi connectivity index (χ0) is 24.2. The van der Waals surface area contributed by atoms with Crippen molar-refractivity contribution >= 4 is 17.4 Å².